The molecule has 0 aliphatic heterocycles. The number of nitrogens with zero attached hydrogens (tertiary/aromatic N) is 1. The van der Waals surface area contributed by atoms with Crippen molar-refractivity contribution in [1.29, 1.82) is 0 Å². The zero-order valence-electron chi connectivity index (χ0n) is 14.5. The van der Waals surface area contributed by atoms with Crippen molar-refractivity contribution in [2.24, 2.45) is 0 Å². The van der Waals surface area contributed by atoms with Crippen molar-refractivity contribution >= 4 is 17.6 Å². The number of ether oxygens (including phenoxy) is 1. The predicted octanol–water partition coefficient (Wildman–Crippen LogP) is 3.03. The second-order valence-electron chi connectivity index (χ2n) is 6.29. The van der Waals surface area contributed by atoms with E-state index in [2.05, 4.69) is 33.2 Å². The van der Waals surface area contributed by atoms with Gasteiger partial charge in [-0.2, -0.15) is 0 Å². The van der Waals surface area contributed by atoms with Crippen LogP contribution in [-0.4, -0.2) is 37.5 Å². The first-order valence-electron chi connectivity index (χ1n) is 8.35. The molecule has 1 amide bonds. The van der Waals surface area contributed by atoms with E-state index >= 15 is 0 Å². The molecular weight excluding hydrogens is 316 g/mol. The Morgan fingerprint density at radius 3 is 2.60 bits per heavy atom. The Morgan fingerprint density at radius 2 is 1.88 bits per heavy atom. The van der Waals surface area contributed by atoms with E-state index in [1.54, 1.807) is 24.3 Å². The SMILES string of the molecule is COC(=O)c1ccc(NC(=O)CN(C)[C@@H]2CCc3ccccc32)cc1. The number of carbonyl (C=O) groups excluding carboxylic acids is 2. The Kier molecular flexibility index (Phi) is 5.14. The molecule has 0 unspecified atom stereocenters. The monoisotopic (exact) mass is 338 g/mol. The van der Waals surface area contributed by atoms with Gasteiger partial charge in [-0.25, -0.2) is 4.79 Å². The van der Waals surface area contributed by atoms with Crippen molar-refractivity contribution in [3.8, 4) is 0 Å². The molecule has 1 atom stereocenters. The fourth-order valence-electron chi connectivity index (χ4n) is 3.34. The van der Waals surface area contributed by atoms with Gasteiger partial charge in [0.15, 0.2) is 0 Å². The van der Waals surface area contributed by atoms with Crippen LogP contribution in [0.25, 0.3) is 0 Å². The molecule has 0 saturated carbocycles. The highest BCUT2D eigenvalue weighted by Crippen LogP contribution is 2.34. The molecule has 0 saturated heterocycles. The Bertz CT molecular complexity index is 771. The van der Waals surface area contributed by atoms with Gasteiger partial charge in [-0.15, -0.1) is 0 Å². The normalized spacial score (nSPS) is 15.7. The van der Waals surface area contributed by atoms with E-state index in [0.717, 1.165) is 12.8 Å². The van der Waals surface area contributed by atoms with Crippen LogP contribution >= 0.6 is 0 Å². The summed E-state index contributed by atoms with van der Waals surface area (Å²) in [6.45, 7) is 0.317. The highest BCUT2D eigenvalue weighted by Gasteiger charge is 2.26. The van der Waals surface area contributed by atoms with Gasteiger partial charge in [0.05, 0.1) is 19.2 Å². The zero-order valence-corrected chi connectivity index (χ0v) is 14.5. The first-order valence-corrected chi connectivity index (χ1v) is 8.35. The number of aryl methyl sites for hydroxylation is 1. The van der Waals surface area contributed by atoms with Crippen molar-refractivity contribution in [2.75, 3.05) is 26.0 Å². The lowest BCUT2D eigenvalue weighted by Crippen LogP contribution is -2.32. The van der Waals surface area contributed by atoms with Gasteiger partial charge in [-0.3, -0.25) is 9.69 Å². The molecule has 0 heterocycles. The van der Waals surface area contributed by atoms with E-state index in [1.807, 2.05) is 13.1 Å². The molecule has 1 aliphatic carbocycles. The maximum Gasteiger partial charge on any atom is 0.337 e. The Hall–Kier alpha value is -2.66. The summed E-state index contributed by atoms with van der Waals surface area (Å²) in [6, 6.07) is 15.4. The fourth-order valence-corrected chi connectivity index (χ4v) is 3.34. The summed E-state index contributed by atoms with van der Waals surface area (Å²) in [7, 11) is 3.32. The summed E-state index contributed by atoms with van der Waals surface area (Å²) in [5.41, 5.74) is 3.82. The molecule has 130 valence electrons. The number of methoxy groups -OCH3 is 1. The van der Waals surface area contributed by atoms with Crippen molar-refractivity contribution in [3.05, 3.63) is 65.2 Å². The lowest BCUT2D eigenvalue weighted by Gasteiger charge is -2.24. The molecule has 3 rings (SSSR count). The zero-order chi connectivity index (χ0) is 17.8. The second kappa shape index (κ2) is 7.49. The Balaban J connectivity index is 1.58. The van der Waals surface area contributed by atoms with Crippen LogP contribution < -0.4 is 5.32 Å². The Labute approximate surface area is 147 Å². The quantitative estimate of drug-likeness (QED) is 0.852. The van der Waals surface area contributed by atoms with Crippen molar-refractivity contribution in [2.45, 2.75) is 18.9 Å². The average molecular weight is 338 g/mol. The number of benzene rings is 2. The van der Waals surface area contributed by atoms with E-state index in [1.165, 1.54) is 18.2 Å². The largest absolute Gasteiger partial charge is 0.465 e. The number of amides is 1. The number of fused-ring (bicyclic) bond motifs is 1. The minimum Gasteiger partial charge on any atom is -0.465 e. The number of nitrogens with one attached hydrogen (secondary N) is 1. The minimum absolute atomic E-state index is 0.0716. The highest BCUT2D eigenvalue weighted by atomic mass is 16.5. The maximum atomic E-state index is 12.3. The Morgan fingerprint density at radius 1 is 1.16 bits per heavy atom. The van der Waals surface area contributed by atoms with Gasteiger partial charge in [-0.1, -0.05) is 24.3 Å². The molecule has 2 aromatic carbocycles. The standard InChI is InChI=1S/C20H22N2O3/c1-22(18-12-9-14-5-3-4-6-17(14)18)13-19(23)21-16-10-7-15(8-11-16)20(24)25-2/h3-8,10-11,18H,9,12-13H2,1-2H3,(H,21,23)/t18-/m1/s1. The van der Waals surface area contributed by atoms with Crippen LogP contribution in [0.15, 0.2) is 48.5 Å². The number of likely N-dealkylation sites (N-methyl/N-ethyl adjacent to an activating group) is 1. The van der Waals surface area contributed by atoms with Crippen LogP contribution in [0, 0.1) is 0 Å². The molecule has 0 bridgehead atoms. The smallest absolute Gasteiger partial charge is 0.337 e. The molecule has 0 fully saturated rings. The number of rotatable bonds is 5. The second-order valence-corrected chi connectivity index (χ2v) is 6.29. The van der Waals surface area contributed by atoms with Gasteiger partial charge in [0, 0.05) is 11.7 Å². The van der Waals surface area contributed by atoms with Gasteiger partial charge in [0.2, 0.25) is 5.91 Å². The maximum absolute atomic E-state index is 12.3. The molecule has 5 nitrogen and oxygen atoms in total. The average Bonchev–Trinajstić information content (AvgIpc) is 3.06. The van der Waals surface area contributed by atoms with Crippen molar-refractivity contribution < 1.29 is 14.3 Å². The van der Waals surface area contributed by atoms with Gasteiger partial charge >= 0.3 is 5.97 Å². The van der Waals surface area contributed by atoms with E-state index in [0.29, 0.717) is 17.8 Å². The van der Waals surface area contributed by atoms with Crippen molar-refractivity contribution in [1.82, 2.24) is 4.90 Å². The van der Waals surface area contributed by atoms with Gasteiger partial charge in [0.25, 0.3) is 0 Å². The topological polar surface area (TPSA) is 58.6 Å². The van der Waals surface area contributed by atoms with Crippen molar-refractivity contribution in [3.63, 3.8) is 0 Å². The summed E-state index contributed by atoms with van der Waals surface area (Å²) < 4.78 is 4.66. The summed E-state index contributed by atoms with van der Waals surface area (Å²) in [5, 5.41) is 2.87. The molecule has 0 spiro atoms. The van der Waals surface area contributed by atoms with Crippen LogP contribution in [0.1, 0.15) is 33.9 Å². The molecule has 1 N–H and O–H groups in total. The predicted molar refractivity (Wildman–Crippen MR) is 96.5 cm³/mol. The third-order valence-corrected chi connectivity index (χ3v) is 4.62. The lowest BCUT2D eigenvalue weighted by molar-refractivity contribution is -0.117. The first-order chi connectivity index (χ1) is 12.1. The lowest BCUT2D eigenvalue weighted by atomic mass is 10.1. The van der Waals surface area contributed by atoms with E-state index in [-0.39, 0.29) is 11.9 Å². The third kappa shape index (κ3) is 3.88. The molecule has 25 heavy (non-hydrogen) atoms. The molecule has 0 radical (unpaired) electrons. The van der Waals surface area contributed by atoms with Crippen LogP contribution in [0.4, 0.5) is 5.69 Å². The molecule has 0 aromatic heterocycles. The first kappa shape index (κ1) is 17.2. The van der Waals surface area contributed by atoms with E-state index < -0.39 is 5.97 Å². The van der Waals surface area contributed by atoms with Crippen LogP contribution in [0.5, 0.6) is 0 Å². The third-order valence-electron chi connectivity index (χ3n) is 4.62. The fraction of sp³-hybridized carbons (Fsp3) is 0.300. The number of hydrogen-bond donors (Lipinski definition) is 1. The van der Waals surface area contributed by atoms with Gasteiger partial charge < -0.3 is 10.1 Å². The summed E-state index contributed by atoms with van der Waals surface area (Å²) >= 11 is 0. The molecule has 2 aromatic rings. The minimum atomic E-state index is -0.391. The number of hydrogen-bond acceptors (Lipinski definition) is 4. The summed E-state index contributed by atoms with van der Waals surface area (Å²) in [5.74, 6) is -0.463. The number of esters is 1. The van der Waals surface area contributed by atoms with Crippen LogP contribution in [0.2, 0.25) is 0 Å². The molecular formula is C20H22N2O3. The van der Waals surface area contributed by atoms with Crippen LogP contribution in [0.3, 0.4) is 0 Å². The summed E-state index contributed by atoms with van der Waals surface area (Å²) in [6.07, 6.45) is 2.10. The van der Waals surface area contributed by atoms with Gasteiger partial charge in [-0.05, 0) is 55.3 Å². The van der Waals surface area contributed by atoms with E-state index in [4.69, 9.17) is 0 Å². The molecule has 1 aliphatic rings. The summed E-state index contributed by atoms with van der Waals surface area (Å²) in [4.78, 5) is 25.8. The highest BCUT2D eigenvalue weighted by molar-refractivity contribution is 5.94. The number of anilines is 1. The van der Waals surface area contributed by atoms with E-state index in [9.17, 15) is 9.59 Å². The van der Waals surface area contributed by atoms with Gasteiger partial charge in [0.1, 0.15) is 0 Å². The van der Waals surface area contributed by atoms with Crippen LogP contribution in [-0.2, 0) is 16.0 Å². The molecule has 5 heteroatoms. The number of carbonyl (C=O) groups is 2.